The molecule has 1 fully saturated rings. The number of hydrogen-bond donors (Lipinski definition) is 1. The van der Waals surface area contributed by atoms with Crippen molar-refractivity contribution in [3.05, 3.63) is 28.2 Å². The average molecular weight is 273 g/mol. The number of likely N-dealkylation sites (tertiary alicyclic amines) is 1. The van der Waals surface area contributed by atoms with E-state index in [1.54, 1.807) is 18.2 Å². The maximum Gasteiger partial charge on any atom is 0.241 e. The SMILES string of the molecule is O=C(CNc1ccc(Cl)cc1Cl)N1CCCC1. The lowest BCUT2D eigenvalue weighted by atomic mass is 10.3. The van der Waals surface area contributed by atoms with Crippen molar-refractivity contribution in [1.82, 2.24) is 4.90 Å². The molecule has 1 aliphatic heterocycles. The van der Waals surface area contributed by atoms with Crippen LogP contribution in [0.1, 0.15) is 12.8 Å². The molecule has 1 saturated heterocycles. The molecule has 1 heterocycles. The normalized spacial score (nSPS) is 15.1. The van der Waals surface area contributed by atoms with Crippen molar-refractivity contribution in [2.75, 3.05) is 25.0 Å². The second kappa shape index (κ2) is 5.61. The van der Waals surface area contributed by atoms with Gasteiger partial charge in [-0.05, 0) is 31.0 Å². The lowest BCUT2D eigenvalue weighted by Crippen LogP contribution is -2.33. The van der Waals surface area contributed by atoms with Crippen molar-refractivity contribution < 1.29 is 4.79 Å². The van der Waals surface area contributed by atoms with Crippen molar-refractivity contribution in [2.24, 2.45) is 0 Å². The third-order valence-corrected chi connectivity index (χ3v) is 3.37. The van der Waals surface area contributed by atoms with Crippen LogP contribution in [0.3, 0.4) is 0 Å². The minimum Gasteiger partial charge on any atom is -0.375 e. The van der Waals surface area contributed by atoms with Gasteiger partial charge in [-0.25, -0.2) is 0 Å². The summed E-state index contributed by atoms with van der Waals surface area (Å²) in [6, 6.07) is 5.18. The first kappa shape index (κ1) is 12.5. The maximum absolute atomic E-state index is 11.8. The molecule has 0 aromatic heterocycles. The van der Waals surface area contributed by atoms with Gasteiger partial charge in [0.05, 0.1) is 17.3 Å². The smallest absolute Gasteiger partial charge is 0.241 e. The molecule has 1 aliphatic rings. The molecule has 0 saturated carbocycles. The topological polar surface area (TPSA) is 32.3 Å². The molecule has 0 spiro atoms. The summed E-state index contributed by atoms with van der Waals surface area (Å²) in [7, 11) is 0. The van der Waals surface area contributed by atoms with E-state index in [1.807, 2.05) is 4.90 Å². The summed E-state index contributed by atoms with van der Waals surface area (Å²) in [5, 5.41) is 4.16. The zero-order chi connectivity index (χ0) is 12.3. The van der Waals surface area contributed by atoms with E-state index in [2.05, 4.69) is 5.32 Å². The number of rotatable bonds is 3. The summed E-state index contributed by atoms with van der Waals surface area (Å²) in [5.41, 5.74) is 0.739. The van der Waals surface area contributed by atoms with E-state index in [-0.39, 0.29) is 12.5 Å². The van der Waals surface area contributed by atoms with Crippen LogP contribution in [0, 0.1) is 0 Å². The Morgan fingerprint density at radius 2 is 2.00 bits per heavy atom. The van der Waals surface area contributed by atoms with Crippen molar-refractivity contribution in [1.29, 1.82) is 0 Å². The number of anilines is 1. The van der Waals surface area contributed by atoms with Crippen LogP contribution in [0.4, 0.5) is 5.69 Å². The maximum atomic E-state index is 11.8. The van der Waals surface area contributed by atoms with Crippen LogP contribution in [0.25, 0.3) is 0 Å². The van der Waals surface area contributed by atoms with Crippen molar-refractivity contribution in [3.63, 3.8) is 0 Å². The Bertz CT molecular complexity index is 417. The van der Waals surface area contributed by atoms with Crippen LogP contribution < -0.4 is 5.32 Å². The quantitative estimate of drug-likeness (QED) is 0.918. The molecule has 17 heavy (non-hydrogen) atoms. The molecular weight excluding hydrogens is 259 g/mol. The fourth-order valence-corrected chi connectivity index (χ4v) is 2.36. The van der Waals surface area contributed by atoms with Crippen LogP contribution in [0.15, 0.2) is 18.2 Å². The van der Waals surface area contributed by atoms with E-state index < -0.39 is 0 Å². The average Bonchev–Trinajstić information content (AvgIpc) is 2.81. The van der Waals surface area contributed by atoms with E-state index in [4.69, 9.17) is 23.2 Å². The molecule has 5 heteroatoms. The van der Waals surface area contributed by atoms with E-state index in [0.29, 0.717) is 10.0 Å². The van der Waals surface area contributed by atoms with Gasteiger partial charge in [0.15, 0.2) is 0 Å². The number of nitrogens with zero attached hydrogens (tertiary/aromatic N) is 1. The number of halogens is 2. The summed E-state index contributed by atoms with van der Waals surface area (Å²) >= 11 is 11.8. The summed E-state index contributed by atoms with van der Waals surface area (Å²) in [4.78, 5) is 13.7. The van der Waals surface area contributed by atoms with Gasteiger partial charge in [0.25, 0.3) is 0 Å². The van der Waals surface area contributed by atoms with Gasteiger partial charge in [0.2, 0.25) is 5.91 Å². The second-order valence-corrected chi connectivity index (χ2v) is 4.91. The number of hydrogen-bond acceptors (Lipinski definition) is 2. The van der Waals surface area contributed by atoms with E-state index in [9.17, 15) is 4.79 Å². The molecule has 0 radical (unpaired) electrons. The fraction of sp³-hybridized carbons (Fsp3) is 0.417. The van der Waals surface area contributed by atoms with Gasteiger partial charge in [-0.2, -0.15) is 0 Å². The number of nitrogens with one attached hydrogen (secondary N) is 1. The minimum absolute atomic E-state index is 0.119. The van der Waals surface area contributed by atoms with Crippen molar-refractivity contribution in [3.8, 4) is 0 Å². The summed E-state index contributed by atoms with van der Waals surface area (Å²) in [6.07, 6.45) is 2.21. The Morgan fingerprint density at radius 1 is 1.29 bits per heavy atom. The summed E-state index contributed by atoms with van der Waals surface area (Å²) in [5.74, 6) is 0.119. The standard InChI is InChI=1S/C12H14Cl2N2O/c13-9-3-4-11(10(14)7-9)15-8-12(17)16-5-1-2-6-16/h3-4,7,15H,1-2,5-6,8H2. The van der Waals surface area contributed by atoms with Gasteiger partial charge < -0.3 is 10.2 Å². The number of carbonyl (C=O) groups excluding carboxylic acids is 1. The van der Waals surface area contributed by atoms with Gasteiger partial charge in [-0.3, -0.25) is 4.79 Å². The van der Waals surface area contributed by atoms with Crippen LogP contribution >= 0.6 is 23.2 Å². The van der Waals surface area contributed by atoms with Crippen LogP contribution in [-0.2, 0) is 4.79 Å². The Morgan fingerprint density at radius 3 is 2.65 bits per heavy atom. The fourth-order valence-electron chi connectivity index (χ4n) is 1.88. The highest BCUT2D eigenvalue weighted by Gasteiger charge is 2.17. The molecule has 1 aromatic carbocycles. The molecule has 1 amide bonds. The molecule has 0 atom stereocenters. The van der Waals surface area contributed by atoms with Crippen molar-refractivity contribution >= 4 is 34.8 Å². The predicted octanol–water partition coefficient (Wildman–Crippen LogP) is 3.03. The Balaban J connectivity index is 1.90. The first-order valence-corrected chi connectivity index (χ1v) is 6.39. The minimum atomic E-state index is 0.119. The third-order valence-electron chi connectivity index (χ3n) is 2.82. The molecule has 3 nitrogen and oxygen atoms in total. The Kier molecular flexibility index (Phi) is 4.13. The molecule has 92 valence electrons. The van der Waals surface area contributed by atoms with Crippen LogP contribution in [0.5, 0.6) is 0 Å². The first-order valence-electron chi connectivity index (χ1n) is 5.63. The van der Waals surface area contributed by atoms with E-state index >= 15 is 0 Å². The van der Waals surface area contributed by atoms with E-state index in [0.717, 1.165) is 31.6 Å². The van der Waals surface area contributed by atoms with Gasteiger partial charge in [-0.1, -0.05) is 23.2 Å². The van der Waals surface area contributed by atoms with Gasteiger partial charge in [-0.15, -0.1) is 0 Å². The zero-order valence-electron chi connectivity index (χ0n) is 9.38. The zero-order valence-corrected chi connectivity index (χ0v) is 10.9. The monoisotopic (exact) mass is 272 g/mol. The highest BCUT2D eigenvalue weighted by molar-refractivity contribution is 6.36. The molecule has 0 bridgehead atoms. The number of benzene rings is 1. The van der Waals surface area contributed by atoms with Crippen LogP contribution in [0.2, 0.25) is 10.0 Å². The van der Waals surface area contributed by atoms with Gasteiger partial charge >= 0.3 is 0 Å². The largest absolute Gasteiger partial charge is 0.375 e. The Labute approximate surface area is 111 Å². The summed E-state index contributed by atoms with van der Waals surface area (Å²) < 4.78 is 0. The molecule has 2 rings (SSSR count). The highest BCUT2D eigenvalue weighted by Crippen LogP contribution is 2.25. The summed E-state index contributed by atoms with van der Waals surface area (Å²) in [6.45, 7) is 2.02. The predicted molar refractivity (Wildman–Crippen MR) is 70.8 cm³/mol. The van der Waals surface area contributed by atoms with Crippen LogP contribution in [-0.4, -0.2) is 30.4 Å². The molecule has 0 aliphatic carbocycles. The Hall–Kier alpha value is -0.930. The van der Waals surface area contributed by atoms with Gasteiger partial charge in [0.1, 0.15) is 0 Å². The molecule has 1 N–H and O–H groups in total. The molecular formula is C12H14Cl2N2O. The third kappa shape index (κ3) is 3.27. The second-order valence-electron chi connectivity index (χ2n) is 4.07. The van der Waals surface area contributed by atoms with Crippen molar-refractivity contribution in [2.45, 2.75) is 12.8 Å². The first-order chi connectivity index (χ1) is 8.16. The molecule has 0 unspecified atom stereocenters. The highest BCUT2D eigenvalue weighted by atomic mass is 35.5. The lowest BCUT2D eigenvalue weighted by Gasteiger charge is -2.16. The molecule has 1 aromatic rings. The lowest BCUT2D eigenvalue weighted by molar-refractivity contribution is -0.128. The number of amides is 1. The van der Waals surface area contributed by atoms with E-state index in [1.165, 1.54) is 0 Å². The van der Waals surface area contributed by atoms with Gasteiger partial charge in [0, 0.05) is 18.1 Å². The number of carbonyl (C=O) groups is 1.